The van der Waals surface area contributed by atoms with E-state index in [1.165, 1.54) is 6.26 Å². The first-order chi connectivity index (χ1) is 9.83. The first-order valence-corrected chi connectivity index (χ1v) is 6.82. The highest BCUT2D eigenvalue weighted by molar-refractivity contribution is 5.91. The van der Waals surface area contributed by atoms with E-state index in [2.05, 4.69) is 10.3 Å². The van der Waals surface area contributed by atoms with E-state index in [1.54, 1.807) is 18.3 Å². The van der Waals surface area contributed by atoms with Crippen molar-refractivity contribution < 1.29 is 9.21 Å². The molecule has 0 bridgehead atoms. The van der Waals surface area contributed by atoms with Crippen LogP contribution in [0.3, 0.4) is 0 Å². The molecule has 1 N–H and O–H groups in total. The summed E-state index contributed by atoms with van der Waals surface area (Å²) in [4.78, 5) is 18.1. The largest absolute Gasteiger partial charge is 0.459 e. The molecule has 0 unspecified atom stereocenters. The van der Waals surface area contributed by atoms with Crippen molar-refractivity contribution in [1.82, 2.24) is 9.88 Å². The topological polar surface area (TPSA) is 58.4 Å². The fraction of sp³-hybridized carbons (Fsp3) is 0.333. The molecule has 1 fully saturated rings. The first kappa shape index (κ1) is 12.7. The minimum atomic E-state index is -0.0187. The normalized spacial score (nSPS) is 16.1. The highest BCUT2D eigenvalue weighted by atomic mass is 16.3. The van der Waals surface area contributed by atoms with Crippen molar-refractivity contribution in [2.24, 2.45) is 0 Å². The third-order valence-corrected chi connectivity index (χ3v) is 3.55. The maximum absolute atomic E-state index is 12.1. The summed E-state index contributed by atoms with van der Waals surface area (Å²) in [7, 11) is 0. The Bertz CT molecular complexity index is 546. The second-order valence-corrected chi connectivity index (χ2v) is 4.93. The van der Waals surface area contributed by atoms with Gasteiger partial charge in [-0.3, -0.25) is 9.78 Å². The van der Waals surface area contributed by atoms with Gasteiger partial charge in [-0.05, 0) is 37.1 Å². The highest BCUT2D eigenvalue weighted by Gasteiger charge is 2.24. The van der Waals surface area contributed by atoms with Gasteiger partial charge in [-0.1, -0.05) is 0 Å². The molecule has 1 aliphatic rings. The molecule has 20 heavy (non-hydrogen) atoms. The van der Waals surface area contributed by atoms with Crippen molar-refractivity contribution in [3.05, 3.63) is 48.7 Å². The van der Waals surface area contributed by atoms with Gasteiger partial charge in [0.1, 0.15) is 0 Å². The van der Waals surface area contributed by atoms with Crippen LogP contribution in [0.4, 0.5) is 5.69 Å². The quantitative estimate of drug-likeness (QED) is 0.931. The predicted octanol–water partition coefficient (Wildman–Crippen LogP) is 2.39. The van der Waals surface area contributed by atoms with Crippen molar-refractivity contribution in [1.29, 1.82) is 0 Å². The average molecular weight is 271 g/mol. The molecule has 0 aromatic carbocycles. The van der Waals surface area contributed by atoms with Gasteiger partial charge in [-0.2, -0.15) is 0 Å². The molecule has 0 atom stereocenters. The van der Waals surface area contributed by atoms with Gasteiger partial charge in [0.25, 0.3) is 5.91 Å². The monoisotopic (exact) mass is 271 g/mol. The van der Waals surface area contributed by atoms with E-state index in [0.29, 0.717) is 11.8 Å². The Morgan fingerprint density at radius 3 is 2.80 bits per heavy atom. The van der Waals surface area contributed by atoms with Gasteiger partial charge in [0, 0.05) is 31.5 Å². The molecule has 1 amide bonds. The number of carbonyl (C=O) groups is 1. The molecule has 0 aliphatic carbocycles. The molecule has 3 heterocycles. The number of likely N-dealkylation sites (tertiary alicyclic amines) is 1. The number of hydrogen-bond donors (Lipinski definition) is 1. The van der Waals surface area contributed by atoms with Crippen LogP contribution in [0.1, 0.15) is 23.4 Å². The number of nitrogens with zero attached hydrogens (tertiary/aromatic N) is 2. The van der Waals surface area contributed by atoms with E-state index < -0.39 is 0 Å². The van der Waals surface area contributed by atoms with Gasteiger partial charge in [0.15, 0.2) is 5.76 Å². The van der Waals surface area contributed by atoms with Gasteiger partial charge in [-0.15, -0.1) is 0 Å². The molecule has 5 nitrogen and oxygen atoms in total. The van der Waals surface area contributed by atoms with Crippen LogP contribution in [-0.4, -0.2) is 34.9 Å². The van der Waals surface area contributed by atoms with Crippen LogP contribution in [0.2, 0.25) is 0 Å². The number of piperidine rings is 1. The van der Waals surface area contributed by atoms with Crippen molar-refractivity contribution >= 4 is 11.6 Å². The maximum atomic E-state index is 12.1. The van der Waals surface area contributed by atoms with E-state index in [4.69, 9.17) is 4.42 Å². The molecule has 3 rings (SSSR count). The van der Waals surface area contributed by atoms with Crippen LogP contribution in [0.25, 0.3) is 0 Å². The summed E-state index contributed by atoms with van der Waals surface area (Å²) in [5.41, 5.74) is 1.03. The Balaban J connectivity index is 1.53. The Kier molecular flexibility index (Phi) is 3.67. The smallest absolute Gasteiger partial charge is 0.289 e. The lowest BCUT2D eigenvalue weighted by molar-refractivity contribution is 0.0686. The summed E-state index contributed by atoms with van der Waals surface area (Å²) in [5.74, 6) is 0.401. The number of pyridine rings is 1. The fourth-order valence-corrected chi connectivity index (χ4v) is 2.47. The number of rotatable bonds is 3. The van der Waals surface area contributed by atoms with Crippen molar-refractivity contribution in [2.75, 3.05) is 18.4 Å². The Labute approximate surface area is 117 Å². The van der Waals surface area contributed by atoms with Gasteiger partial charge < -0.3 is 14.6 Å². The molecular weight excluding hydrogens is 254 g/mol. The number of amides is 1. The van der Waals surface area contributed by atoms with Crippen LogP contribution in [-0.2, 0) is 0 Å². The lowest BCUT2D eigenvalue weighted by Crippen LogP contribution is -2.42. The molecule has 0 spiro atoms. The molecular formula is C15H17N3O2. The highest BCUT2D eigenvalue weighted by Crippen LogP contribution is 2.17. The van der Waals surface area contributed by atoms with Crippen LogP contribution >= 0.6 is 0 Å². The van der Waals surface area contributed by atoms with E-state index in [-0.39, 0.29) is 5.91 Å². The van der Waals surface area contributed by atoms with Crippen molar-refractivity contribution in [2.45, 2.75) is 18.9 Å². The fourth-order valence-electron chi connectivity index (χ4n) is 2.47. The van der Waals surface area contributed by atoms with Gasteiger partial charge in [-0.25, -0.2) is 0 Å². The van der Waals surface area contributed by atoms with Crippen molar-refractivity contribution in [3.8, 4) is 0 Å². The zero-order chi connectivity index (χ0) is 13.8. The molecule has 1 aliphatic heterocycles. The molecule has 2 aromatic rings. The lowest BCUT2D eigenvalue weighted by Gasteiger charge is -2.32. The summed E-state index contributed by atoms with van der Waals surface area (Å²) in [5, 5.41) is 3.45. The minimum Gasteiger partial charge on any atom is -0.459 e. The number of carbonyl (C=O) groups excluding carboxylic acids is 1. The Morgan fingerprint density at radius 1 is 1.30 bits per heavy atom. The molecule has 2 aromatic heterocycles. The van der Waals surface area contributed by atoms with Gasteiger partial charge in [0.05, 0.1) is 12.0 Å². The summed E-state index contributed by atoms with van der Waals surface area (Å²) in [6.45, 7) is 1.49. The van der Waals surface area contributed by atoms with Gasteiger partial charge >= 0.3 is 0 Å². The van der Waals surface area contributed by atoms with Crippen LogP contribution in [0.5, 0.6) is 0 Å². The molecule has 1 saturated heterocycles. The summed E-state index contributed by atoms with van der Waals surface area (Å²) < 4.78 is 5.16. The number of hydrogen-bond acceptors (Lipinski definition) is 4. The molecule has 104 valence electrons. The Morgan fingerprint density at radius 2 is 2.15 bits per heavy atom. The Hall–Kier alpha value is -2.30. The second-order valence-electron chi connectivity index (χ2n) is 4.93. The third kappa shape index (κ3) is 2.82. The van der Waals surface area contributed by atoms with E-state index in [0.717, 1.165) is 31.6 Å². The number of nitrogens with one attached hydrogen (secondary N) is 1. The second kappa shape index (κ2) is 5.77. The predicted molar refractivity (Wildman–Crippen MR) is 75.5 cm³/mol. The molecule has 0 saturated carbocycles. The van der Waals surface area contributed by atoms with E-state index >= 15 is 0 Å². The zero-order valence-corrected chi connectivity index (χ0v) is 11.2. The van der Waals surface area contributed by atoms with Crippen LogP contribution in [0, 0.1) is 0 Å². The summed E-state index contributed by atoms with van der Waals surface area (Å²) in [6.07, 6.45) is 6.98. The summed E-state index contributed by atoms with van der Waals surface area (Å²) in [6, 6.07) is 7.76. The summed E-state index contributed by atoms with van der Waals surface area (Å²) >= 11 is 0. The standard InChI is InChI=1S/C15H17N3O2/c19-15(14-4-2-10-20-14)18-8-5-12(6-9-18)17-13-3-1-7-16-11-13/h1-4,7,10-12,17H,5-6,8-9H2. The van der Waals surface area contributed by atoms with E-state index in [1.807, 2.05) is 23.2 Å². The number of furan rings is 1. The average Bonchev–Trinajstić information content (AvgIpc) is 3.03. The third-order valence-electron chi connectivity index (χ3n) is 3.55. The van der Waals surface area contributed by atoms with Crippen LogP contribution in [0.15, 0.2) is 47.3 Å². The lowest BCUT2D eigenvalue weighted by atomic mass is 10.0. The zero-order valence-electron chi connectivity index (χ0n) is 11.2. The number of anilines is 1. The first-order valence-electron chi connectivity index (χ1n) is 6.82. The van der Waals surface area contributed by atoms with E-state index in [9.17, 15) is 4.79 Å². The number of aromatic nitrogens is 1. The molecule has 5 heteroatoms. The maximum Gasteiger partial charge on any atom is 0.289 e. The SMILES string of the molecule is O=C(c1ccco1)N1CCC(Nc2cccnc2)CC1. The van der Waals surface area contributed by atoms with Gasteiger partial charge in [0.2, 0.25) is 0 Å². The minimum absolute atomic E-state index is 0.0187. The van der Waals surface area contributed by atoms with Crippen molar-refractivity contribution in [3.63, 3.8) is 0 Å². The molecule has 0 radical (unpaired) electrons. The van der Waals surface area contributed by atoms with Crippen LogP contribution < -0.4 is 5.32 Å².